The zero-order valence-electron chi connectivity index (χ0n) is 14.5. The number of nitrogens with two attached hydrogens (primary N) is 1. The van der Waals surface area contributed by atoms with E-state index < -0.39 is 6.10 Å². The molecule has 3 aromatic carbocycles. The number of hydrogen-bond acceptors (Lipinski definition) is 2. The Labute approximate surface area is 150 Å². The zero-order valence-corrected chi connectivity index (χ0v) is 14.5. The minimum atomic E-state index is -0.639. The molecular formula is C23H25NO. The molecule has 0 spiro atoms. The van der Waals surface area contributed by atoms with Crippen LogP contribution in [0.25, 0.3) is 11.1 Å². The van der Waals surface area contributed by atoms with E-state index in [1.54, 1.807) is 0 Å². The van der Waals surface area contributed by atoms with Gasteiger partial charge in [-0.25, -0.2) is 0 Å². The van der Waals surface area contributed by atoms with Crippen LogP contribution in [0.5, 0.6) is 0 Å². The van der Waals surface area contributed by atoms with Crippen molar-refractivity contribution in [3.8, 4) is 11.1 Å². The summed E-state index contributed by atoms with van der Waals surface area (Å²) in [6.45, 7) is 2.10. The summed E-state index contributed by atoms with van der Waals surface area (Å²) < 4.78 is 0. The van der Waals surface area contributed by atoms with Gasteiger partial charge in [-0.3, -0.25) is 0 Å². The standard InChI is InChI=1S/C23H25NO/c1-17(22(24)23(25)21-10-6-3-7-11-21)16-18-12-14-20(15-13-18)19-8-4-2-5-9-19/h2-15,17,22-23,25H,16,24H2,1H3. The number of rotatable bonds is 6. The van der Waals surface area contributed by atoms with Crippen LogP contribution in [-0.2, 0) is 6.42 Å². The van der Waals surface area contributed by atoms with Crippen LogP contribution in [0.1, 0.15) is 24.2 Å². The predicted octanol–water partition coefficient (Wildman–Crippen LogP) is 4.59. The molecule has 0 heterocycles. The van der Waals surface area contributed by atoms with Gasteiger partial charge in [0.05, 0.1) is 6.10 Å². The summed E-state index contributed by atoms with van der Waals surface area (Å²) in [6.07, 6.45) is 0.208. The molecular weight excluding hydrogens is 306 g/mol. The van der Waals surface area contributed by atoms with Crippen molar-refractivity contribution in [2.45, 2.75) is 25.5 Å². The van der Waals surface area contributed by atoms with Crippen molar-refractivity contribution in [3.63, 3.8) is 0 Å². The molecule has 3 aromatic rings. The summed E-state index contributed by atoms with van der Waals surface area (Å²) in [4.78, 5) is 0. The molecule has 2 heteroatoms. The topological polar surface area (TPSA) is 46.2 Å². The summed E-state index contributed by atoms with van der Waals surface area (Å²) >= 11 is 0. The fourth-order valence-corrected chi connectivity index (χ4v) is 3.16. The lowest BCUT2D eigenvalue weighted by molar-refractivity contribution is 0.121. The summed E-state index contributed by atoms with van der Waals surface area (Å²) in [5.74, 6) is 0.179. The second-order valence-electron chi connectivity index (χ2n) is 6.68. The van der Waals surface area contributed by atoms with Crippen molar-refractivity contribution in [3.05, 3.63) is 96.1 Å². The van der Waals surface area contributed by atoms with Crippen molar-refractivity contribution < 1.29 is 5.11 Å². The van der Waals surface area contributed by atoms with E-state index in [1.165, 1.54) is 16.7 Å². The van der Waals surface area contributed by atoms with E-state index in [4.69, 9.17) is 5.73 Å². The van der Waals surface area contributed by atoms with Crippen molar-refractivity contribution in [1.82, 2.24) is 0 Å². The van der Waals surface area contributed by atoms with Gasteiger partial charge in [-0.05, 0) is 34.6 Å². The Morgan fingerprint density at radius 2 is 1.28 bits per heavy atom. The largest absolute Gasteiger partial charge is 0.387 e. The van der Waals surface area contributed by atoms with Gasteiger partial charge in [-0.15, -0.1) is 0 Å². The van der Waals surface area contributed by atoms with Crippen molar-refractivity contribution in [2.75, 3.05) is 0 Å². The molecule has 0 radical (unpaired) electrons. The third kappa shape index (κ3) is 4.36. The fraction of sp³-hybridized carbons (Fsp3) is 0.217. The second kappa shape index (κ2) is 8.11. The van der Waals surface area contributed by atoms with Crippen LogP contribution < -0.4 is 5.73 Å². The summed E-state index contributed by atoms with van der Waals surface area (Å²) in [6, 6.07) is 28.3. The lowest BCUT2D eigenvalue weighted by atomic mass is 9.88. The molecule has 3 N–H and O–H groups in total. The normalized spacial score (nSPS) is 14.7. The van der Waals surface area contributed by atoms with Gasteiger partial charge in [-0.2, -0.15) is 0 Å². The Balaban J connectivity index is 1.65. The lowest BCUT2D eigenvalue weighted by Gasteiger charge is -2.25. The number of benzene rings is 3. The smallest absolute Gasteiger partial charge is 0.0943 e. The minimum Gasteiger partial charge on any atom is -0.387 e. The van der Waals surface area contributed by atoms with Crippen molar-refractivity contribution in [1.29, 1.82) is 0 Å². The van der Waals surface area contributed by atoms with E-state index in [1.807, 2.05) is 36.4 Å². The molecule has 0 saturated heterocycles. The van der Waals surface area contributed by atoms with Crippen LogP contribution >= 0.6 is 0 Å². The molecule has 3 atom stereocenters. The first-order chi connectivity index (χ1) is 12.1. The Morgan fingerprint density at radius 1 is 0.760 bits per heavy atom. The van der Waals surface area contributed by atoms with E-state index in [0.29, 0.717) is 0 Å². The van der Waals surface area contributed by atoms with Gasteiger partial charge in [0.1, 0.15) is 0 Å². The van der Waals surface area contributed by atoms with Crippen LogP contribution in [-0.4, -0.2) is 11.1 Å². The predicted molar refractivity (Wildman–Crippen MR) is 104 cm³/mol. The van der Waals surface area contributed by atoms with Crippen molar-refractivity contribution in [2.24, 2.45) is 11.7 Å². The molecule has 128 valence electrons. The van der Waals surface area contributed by atoms with Crippen LogP contribution in [0.2, 0.25) is 0 Å². The van der Waals surface area contributed by atoms with E-state index in [9.17, 15) is 5.11 Å². The van der Waals surface area contributed by atoms with Gasteiger partial charge in [0.15, 0.2) is 0 Å². The maximum atomic E-state index is 10.5. The molecule has 3 unspecified atom stereocenters. The van der Waals surface area contributed by atoms with Crippen LogP contribution in [0.4, 0.5) is 0 Å². The first-order valence-corrected chi connectivity index (χ1v) is 8.78. The molecule has 0 aromatic heterocycles. The molecule has 25 heavy (non-hydrogen) atoms. The van der Waals surface area contributed by atoms with E-state index in [2.05, 4.69) is 55.5 Å². The number of aliphatic hydroxyl groups is 1. The first-order valence-electron chi connectivity index (χ1n) is 8.78. The summed E-state index contributed by atoms with van der Waals surface area (Å²) in [7, 11) is 0. The highest BCUT2D eigenvalue weighted by Gasteiger charge is 2.22. The fourth-order valence-electron chi connectivity index (χ4n) is 3.16. The molecule has 2 nitrogen and oxygen atoms in total. The van der Waals surface area contributed by atoms with Gasteiger partial charge in [0.25, 0.3) is 0 Å². The number of aliphatic hydroxyl groups excluding tert-OH is 1. The molecule has 0 aliphatic rings. The van der Waals surface area contributed by atoms with Gasteiger partial charge in [-0.1, -0.05) is 91.9 Å². The average molecular weight is 331 g/mol. The highest BCUT2D eigenvalue weighted by molar-refractivity contribution is 5.63. The van der Waals surface area contributed by atoms with Gasteiger partial charge in [0, 0.05) is 6.04 Å². The van der Waals surface area contributed by atoms with E-state index >= 15 is 0 Å². The minimum absolute atomic E-state index is 0.179. The molecule has 0 aliphatic heterocycles. The average Bonchev–Trinajstić information content (AvgIpc) is 2.68. The lowest BCUT2D eigenvalue weighted by Crippen LogP contribution is -2.36. The highest BCUT2D eigenvalue weighted by atomic mass is 16.3. The van der Waals surface area contributed by atoms with Crippen molar-refractivity contribution >= 4 is 0 Å². The number of hydrogen-bond donors (Lipinski definition) is 2. The Bertz CT molecular complexity index is 768. The second-order valence-corrected chi connectivity index (χ2v) is 6.68. The quantitative estimate of drug-likeness (QED) is 0.694. The first kappa shape index (κ1) is 17.4. The highest BCUT2D eigenvalue weighted by Crippen LogP contribution is 2.24. The Hall–Kier alpha value is -2.42. The molecule has 0 aliphatic carbocycles. The van der Waals surface area contributed by atoms with Gasteiger partial charge in [0.2, 0.25) is 0 Å². The third-order valence-electron chi connectivity index (χ3n) is 4.78. The summed E-state index contributed by atoms with van der Waals surface area (Å²) in [5, 5.41) is 10.5. The molecule has 0 saturated carbocycles. The molecule has 0 fully saturated rings. The summed E-state index contributed by atoms with van der Waals surface area (Å²) in [5.41, 5.74) is 10.9. The third-order valence-corrected chi connectivity index (χ3v) is 4.78. The van der Waals surface area contributed by atoms with Crippen LogP contribution in [0.15, 0.2) is 84.9 Å². The van der Waals surface area contributed by atoms with E-state index in [0.717, 1.165) is 12.0 Å². The molecule has 0 amide bonds. The Morgan fingerprint density at radius 3 is 1.88 bits per heavy atom. The monoisotopic (exact) mass is 331 g/mol. The van der Waals surface area contributed by atoms with Crippen LogP contribution in [0, 0.1) is 5.92 Å². The SMILES string of the molecule is CC(Cc1ccc(-c2ccccc2)cc1)C(N)C(O)c1ccccc1. The Kier molecular flexibility index (Phi) is 5.64. The maximum absolute atomic E-state index is 10.5. The zero-order chi connectivity index (χ0) is 17.6. The van der Waals surface area contributed by atoms with Crippen LogP contribution in [0.3, 0.4) is 0 Å². The van der Waals surface area contributed by atoms with Gasteiger partial charge >= 0.3 is 0 Å². The van der Waals surface area contributed by atoms with Gasteiger partial charge < -0.3 is 10.8 Å². The molecule has 0 bridgehead atoms. The van der Waals surface area contributed by atoms with E-state index in [-0.39, 0.29) is 12.0 Å². The maximum Gasteiger partial charge on any atom is 0.0943 e. The molecule has 3 rings (SSSR count).